The largest absolute Gasteiger partial charge is 0.418 e. The van der Waals surface area contributed by atoms with Crippen LogP contribution in [-0.4, -0.2) is 9.35 Å². The minimum absolute atomic E-state index is 0.0622. The van der Waals surface area contributed by atoms with E-state index in [-0.39, 0.29) is 5.56 Å². The number of hydrogen-bond donors (Lipinski definition) is 0. The number of hydrogen-bond acceptors (Lipinski definition) is 1. The van der Waals surface area contributed by atoms with Gasteiger partial charge >= 0.3 is 6.18 Å². The second kappa shape index (κ2) is 10.4. The Morgan fingerprint density at radius 2 is 1.06 bits per heavy atom. The van der Waals surface area contributed by atoms with Crippen LogP contribution in [0.5, 0.6) is 0 Å². The van der Waals surface area contributed by atoms with Crippen LogP contribution < -0.4 is 0 Å². The average Bonchev–Trinajstić information content (AvgIpc) is 3.60. The SMILES string of the molecule is [C-]#[N+]c1cccc(-c2cccc3c4ccccc4n(-n4c5ccccc5c5cccc(-c6cccc(C#N)c6C(F)(F)F)c54)c23)c1C. The van der Waals surface area contributed by atoms with Crippen molar-refractivity contribution in [3.8, 4) is 28.3 Å². The van der Waals surface area contributed by atoms with Crippen LogP contribution in [0.15, 0.2) is 121 Å². The van der Waals surface area contributed by atoms with Gasteiger partial charge in [-0.25, -0.2) is 14.2 Å². The molecular formula is C40H23F3N4. The minimum Gasteiger partial charge on any atom is -0.247 e. The van der Waals surface area contributed by atoms with Crippen LogP contribution in [0.4, 0.5) is 18.9 Å². The van der Waals surface area contributed by atoms with Crippen LogP contribution in [0.25, 0.3) is 70.7 Å². The highest BCUT2D eigenvalue weighted by molar-refractivity contribution is 6.16. The zero-order valence-corrected chi connectivity index (χ0v) is 25.0. The molecule has 0 amide bonds. The van der Waals surface area contributed by atoms with Crippen molar-refractivity contribution in [1.29, 1.82) is 5.26 Å². The van der Waals surface area contributed by atoms with E-state index in [9.17, 15) is 18.4 Å². The molecule has 0 aliphatic heterocycles. The molecule has 0 saturated carbocycles. The van der Waals surface area contributed by atoms with Crippen molar-refractivity contribution in [2.75, 3.05) is 0 Å². The van der Waals surface area contributed by atoms with Crippen LogP contribution in [0.3, 0.4) is 0 Å². The summed E-state index contributed by atoms with van der Waals surface area (Å²) >= 11 is 0. The van der Waals surface area contributed by atoms with Crippen molar-refractivity contribution in [2.45, 2.75) is 13.1 Å². The Labute approximate surface area is 267 Å². The van der Waals surface area contributed by atoms with Gasteiger partial charge in [-0.05, 0) is 41.8 Å². The molecule has 8 rings (SSSR count). The maximum atomic E-state index is 14.7. The molecular weight excluding hydrogens is 593 g/mol. The van der Waals surface area contributed by atoms with Gasteiger partial charge in [0.2, 0.25) is 0 Å². The van der Waals surface area contributed by atoms with E-state index in [4.69, 9.17) is 6.57 Å². The molecule has 2 aromatic heterocycles. The molecule has 0 atom stereocenters. The summed E-state index contributed by atoms with van der Waals surface area (Å²) in [6.45, 7) is 9.68. The molecule has 0 N–H and O–H groups in total. The van der Waals surface area contributed by atoms with Gasteiger partial charge in [-0.3, -0.25) is 0 Å². The smallest absolute Gasteiger partial charge is 0.247 e. The topological polar surface area (TPSA) is 38.0 Å². The van der Waals surface area contributed by atoms with E-state index in [0.29, 0.717) is 16.8 Å². The van der Waals surface area contributed by atoms with E-state index < -0.39 is 17.3 Å². The molecule has 0 aliphatic carbocycles. The minimum atomic E-state index is -4.76. The number of nitriles is 1. The summed E-state index contributed by atoms with van der Waals surface area (Å²) in [5.74, 6) is 0. The van der Waals surface area contributed by atoms with E-state index in [2.05, 4.69) is 15.6 Å². The maximum absolute atomic E-state index is 14.7. The van der Waals surface area contributed by atoms with Crippen LogP contribution >= 0.6 is 0 Å². The molecule has 0 spiro atoms. The van der Waals surface area contributed by atoms with Crippen molar-refractivity contribution in [3.05, 3.63) is 149 Å². The Morgan fingerprint density at radius 1 is 0.596 bits per heavy atom. The summed E-state index contributed by atoms with van der Waals surface area (Å²) in [4.78, 5) is 3.74. The van der Waals surface area contributed by atoms with Crippen molar-refractivity contribution in [3.63, 3.8) is 0 Å². The number of alkyl halides is 3. The number of fused-ring (bicyclic) bond motifs is 6. The summed E-state index contributed by atoms with van der Waals surface area (Å²) in [5, 5.41) is 13.4. The van der Waals surface area contributed by atoms with Gasteiger partial charge < -0.3 is 0 Å². The molecule has 0 unspecified atom stereocenters. The first kappa shape index (κ1) is 28.2. The highest BCUT2D eigenvalue weighted by atomic mass is 19.4. The van der Waals surface area contributed by atoms with Gasteiger partial charge in [0.1, 0.15) is 0 Å². The normalized spacial score (nSPS) is 11.8. The molecule has 47 heavy (non-hydrogen) atoms. The van der Waals surface area contributed by atoms with Gasteiger partial charge in [0.05, 0.1) is 45.8 Å². The predicted molar refractivity (Wildman–Crippen MR) is 181 cm³/mol. The zero-order valence-electron chi connectivity index (χ0n) is 25.0. The number of halogens is 3. The van der Waals surface area contributed by atoms with E-state index in [1.165, 1.54) is 18.2 Å². The summed E-state index contributed by atoms with van der Waals surface area (Å²) in [6.07, 6.45) is -4.76. The average molecular weight is 617 g/mol. The Bertz CT molecular complexity index is 2660. The van der Waals surface area contributed by atoms with E-state index >= 15 is 0 Å². The van der Waals surface area contributed by atoms with Crippen molar-refractivity contribution < 1.29 is 13.2 Å². The van der Waals surface area contributed by atoms with Crippen LogP contribution in [0.1, 0.15) is 16.7 Å². The Morgan fingerprint density at radius 3 is 1.62 bits per heavy atom. The Kier molecular flexibility index (Phi) is 6.22. The fourth-order valence-corrected chi connectivity index (χ4v) is 7.05. The molecule has 0 bridgehead atoms. The van der Waals surface area contributed by atoms with Gasteiger partial charge in [-0.2, -0.15) is 18.4 Å². The number of nitrogens with zero attached hydrogens (tertiary/aromatic N) is 4. The predicted octanol–water partition coefficient (Wildman–Crippen LogP) is 11.3. The van der Waals surface area contributed by atoms with Crippen molar-refractivity contribution >= 4 is 49.3 Å². The second-order valence-electron chi connectivity index (χ2n) is 11.5. The van der Waals surface area contributed by atoms with Gasteiger partial charge in [0, 0.05) is 32.7 Å². The van der Waals surface area contributed by atoms with E-state index in [1.807, 2.05) is 90.5 Å². The van der Waals surface area contributed by atoms with Crippen LogP contribution in [0.2, 0.25) is 0 Å². The molecule has 0 saturated heterocycles. The first-order valence-electron chi connectivity index (χ1n) is 15.0. The monoisotopic (exact) mass is 616 g/mol. The molecule has 7 heteroatoms. The molecule has 6 aromatic carbocycles. The lowest BCUT2D eigenvalue weighted by Crippen LogP contribution is -2.12. The summed E-state index contributed by atoms with van der Waals surface area (Å²) in [5.41, 5.74) is 5.23. The van der Waals surface area contributed by atoms with E-state index in [0.717, 1.165) is 54.8 Å². The van der Waals surface area contributed by atoms with Crippen molar-refractivity contribution in [2.24, 2.45) is 0 Å². The fraction of sp³-hybridized carbons (Fsp3) is 0.0500. The summed E-state index contributed by atoms with van der Waals surface area (Å²) < 4.78 is 48.3. The first-order valence-corrected chi connectivity index (χ1v) is 15.0. The lowest BCUT2D eigenvalue weighted by atomic mass is 9.94. The van der Waals surface area contributed by atoms with Crippen molar-refractivity contribution in [1.82, 2.24) is 9.35 Å². The molecule has 8 aromatic rings. The lowest BCUT2D eigenvalue weighted by Gasteiger charge is -2.19. The van der Waals surface area contributed by atoms with Crippen LogP contribution in [0, 0.1) is 24.8 Å². The summed E-state index contributed by atoms with van der Waals surface area (Å²) in [6, 6.07) is 38.9. The second-order valence-corrected chi connectivity index (χ2v) is 11.5. The lowest BCUT2D eigenvalue weighted by molar-refractivity contribution is -0.137. The fourth-order valence-electron chi connectivity index (χ4n) is 7.05. The third kappa shape index (κ3) is 4.07. The molecule has 224 valence electrons. The third-order valence-corrected chi connectivity index (χ3v) is 9.01. The first-order chi connectivity index (χ1) is 22.8. The number of aromatic nitrogens is 2. The zero-order chi connectivity index (χ0) is 32.4. The molecule has 0 aliphatic rings. The third-order valence-electron chi connectivity index (χ3n) is 9.01. The van der Waals surface area contributed by atoms with Gasteiger partial charge in [-0.15, -0.1) is 0 Å². The van der Waals surface area contributed by atoms with E-state index in [1.54, 1.807) is 24.3 Å². The maximum Gasteiger partial charge on any atom is 0.418 e. The number of benzene rings is 6. The Balaban J connectivity index is 1.62. The summed E-state index contributed by atoms with van der Waals surface area (Å²) in [7, 11) is 0. The molecule has 2 heterocycles. The number of rotatable bonds is 3. The van der Waals surface area contributed by atoms with Crippen LogP contribution in [-0.2, 0) is 6.18 Å². The highest BCUT2D eigenvalue weighted by Crippen LogP contribution is 2.45. The standard InChI is InChI=1S/C40H23F3N4/c1-24-26(14-10-20-34(24)45-2)30-16-8-17-31-27-12-3-5-21-35(27)46(38(30)31)47-36-22-6-4-13-28(36)32-18-9-19-33(39(32)47)29-15-7-11-25(23-44)37(29)40(41,42)43/h3-22H,1H3. The highest BCUT2D eigenvalue weighted by Gasteiger charge is 2.37. The quantitative estimate of drug-likeness (QED) is 0.182. The molecule has 0 radical (unpaired) electrons. The molecule has 4 nitrogen and oxygen atoms in total. The molecule has 0 fully saturated rings. The number of para-hydroxylation sites is 4. The van der Waals surface area contributed by atoms with Gasteiger partial charge in [0.25, 0.3) is 0 Å². The Hall–Kier alpha value is -6.31. The van der Waals surface area contributed by atoms with Gasteiger partial charge in [-0.1, -0.05) is 103 Å². The van der Waals surface area contributed by atoms with Gasteiger partial charge in [0.15, 0.2) is 5.69 Å².